The number of carbonyl (C=O) groups excluding carboxylic acids is 1. The largest absolute Gasteiger partial charge is 0.496 e. The highest BCUT2D eigenvalue weighted by Crippen LogP contribution is 2.25. The number of rotatable bonds is 7. The molecule has 0 saturated carbocycles. The smallest absolute Gasteiger partial charge is 0.270 e. The molecule has 0 atom stereocenters. The number of Topliss-reactive ketones (excluding diaryl/α,β-unsaturated/α-hetero) is 1. The van der Waals surface area contributed by atoms with Crippen molar-refractivity contribution in [3.8, 4) is 5.75 Å². The number of ether oxygens (including phenoxy) is 1. The average molecular weight is 406 g/mol. The van der Waals surface area contributed by atoms with Crippen molar-refractivity contribution in [2.45, 2.75) is 6.54 Å². The number of nitro groups is 1. The molecule has 0 radical (unpaired) electrons. The van der Waals surface area contributed by atoms with E-state index in [4.69, 9.17) is 4.74 Å². The normalized spacial score (nSPS) is 14.9. The zero-order valence-electron chi connectivity index (χ0n) is 15.7. The number of nitro benzene ring substituents is 1. The van der Waals surface area contributed by atoms with Crippen LogP contribution in [0.25, 0.3) is 0 Å². The number of methoxy groups -OCH3 is 1. The first-order valence-electron chi connectivity index (χ1n) is 8.91. The highest BCUT2D eigenvalue weighted by molar-refractivity contribution is 5.97. The molecule has 2 aromatic carbocycles. The second-order valence-corrected chi connectivity index (χ2v) is 6.59. The van der Waals surface area contributed by atoms with Gasteiger partial charge in [0.15, 0.2) is 5.78 Å². The summed E-state index contributed by atoms with van der Waals surface area (Å²) in [5.74, 6) is 0.784. The van der Waals surface area contributed by atoms with Crippen LogP contribution in [0.15, 0.2) is 48.5 Å². The molecule has 0 N–H and O–H groups in total. The number of benzene rings is 2. The predicted molar refractivity (Wildman–Crippen MR) is 109 cm³/mol. The molecule has 1 heterocycles. The quantitative estimate of drug-likeness (QED) is 0.400. The maximum atomic E-state index is 12.3. The van der Waals surface area contributed by atoms with E-state index in [9.17, 15) is 14.9 Å². The predicted octanol–water partition coefficient (Wildman–Crippen LogP) is 3.03. The van der Waals surface area contributed by atoms with E-state index in [1.165, 1.54) is 6.07 Å². The average Bonchev–Trinajstić information content (AvgIpc) is 2.70. The second-order valence-electron chi connectivity index (χ2n) is 6.59. The van der Waals surface area contributed by atoms with Gasteiger partial charge < -0.3 is 4.74 Å². The minimum Gasteiger partial charge on any atom is -0.496 e. The van der Waals surface area contributed by atoms with Crippen molar-refractivity contribution in [3.05, 3.63) is 69.8 Å². The maximum Gasteiger partial charge on any atom is 0.270 e. The van der Waals surface area contributed by atoms with Crippen LogP contribution in [0.2, 0.25) is 0 Å². The Morgan fingerprint density at radius 1 is 1.07 bits per heavy atom. The van der Waals surface area contributed by atoms with Gasteiger partial charge in [-0.1, -0.05) is 30.3 Å². The van der Waals surface area contributed by atoms with Crippen LogP contribution in [-0.4, -0.2) is 60.3 Å². The van der Waals surface area contributed by atoms with Gasteiger partial charge >= 0.3 is 0 Å². The van der Waals surface area contributed by atoms with E-state index in [0.717, 1.165) is 37.3 Å². The van der Waals surface area contributed by atoms with Crippen LogP contribution in [0.3, 0.4) is 0 Å². The molecule has 1 aliphatic heterocycles. The van der Waals surface area contributed by atoms with Crippen molar-refractivity contribution in [3.63, 3.8) is 0 Å². The topological polar surface area (TPSA) is 75.9 Å². The molecule has 1 aliphatic rings. The summed E-state index contributed by atoms with van der Waals surface area (Å²) in [5, 5.41) is 11.0. The van der Waals surface area contributed by atoms with Crippen LogP contribution in [0.4, 0.5) is 5.69 Å². The third kappa shape index (κ3) is 5.51. The van der Waals surface area contributed by atoms with Gasteiger partial charge in [-0.3, -0.25) is 24.7 Å². The maximum absolute atomic E-state index is 12.3. The molecule has 3 rings (SSSR count). The Hall–Kier alpha value is -2.48. The number of carbonyl (C=O) groups is 1. The van der Waals surface area contributed by atoms with Crippen molar-refractivity contribution in [2.75, 3.05) is 39.8 Å². The van der Waals surface area contributed by atoms with Crippen LogP contribution < -0.4 is 4.74 Å². The lowest BCUT2D eigenvalue weighted by atomic mass is 10.1. The summed E-state index contributed by atoms with van der Waals surface area (Å²) in [6.45, 7) is 4.18. The van der Waals surface area contributed by atoms with E-state index in [2.05, 4.69) is 9.80 Å². The molecule has 0 spiro atoms. The molecular formula is C20H24ClN3O4. The van der Waals surface area contributed by atoms with Crippen molar-refractivity contribution in [1.82, 2.24) is 9.80 Å². The highest BCUT2D eigenvalue weighted by Gasteiger charge is 2.21. The molecule has 150 valence electrons. The summed E-state index contributed by atoms with van der Waals surface area (Å²) in [4.78, 5) is 27.3. The number of piperazine rings is 1. The standard InChI is InChI=1S/C20H23N3O4.ClH/c1-27-20-8-7-18(23(25)26)13-17(20)14-21-9-11-22(12-10-21)15-19(24)16-5-3-2-4-6-16;/h2-8,13H,9-12,14-15H2,1H3;1H. The van der Waals surface area contributed by atoms with E-state index in [1.807, 2.05) is 30.3 Å². The van der Waals surface area contributed by atoms with Crippen LogP contribution in [-0.2, 0) is 6.54 Å². The van der Waals surface area contributed by atoms with Crippen LogP contribution in [0.1, 0.15) is 15.9 Å². The molecule has 7 nitrogen and oxygen atoms in total. The van der Waals surface area contributed by atoms with Crippen LogP contribution in [0.5, 0.6) is 5.75 Å². The lowest BCUT2D eigenvalue weighted by molar-refractivity contribution is -0.385. The highest BCUT2D eigenvalue weighted by atomic mass is 35.5. The molecule has 1 fully saturated rings. The molecule has 0 aromatic heterocycles. The molecule has 0 aliphatic carbocycles. The van der Waals surface area contributed by atoms with Crippen molar-refractivity contribution in [1.29, 1.82) is 0 Å². The SMILES string of the molecule is COc1ccc([N+](=O)[O-])cc1CN1CCN(CC(=O)c2ccccc2)CC1.Cl. The lowest BCUT2D eigenvalue weighted by Crippen LogP contribution is -2.47. The van der Waals surface area contributed by atoms with Gasteiger partial charge in [0.25, 0.3) is 5.69 Å². The molecule has 0 amide bonds. The Morgan fingerprint density at radius 3 is 2.32 bits per heavy atom. The molecule has 28 heavy (non-hydrogen) atoms. The Labute approximate surface area is 170 Å². The summed E-state index contributed by atoms with van der Waals surface area (Å²) in [5.41, 5.74) is 1.61. The van der Waals surface area contributed by atoms with Crippen LogP contribution in [0, 0.1) is 10.1 Å². The minimum absolute atomic E-state index is 0. The van der Waals surface area contributed by atoms with Gasteiger partial charge in [0.05, 0.1) is 18.6 Å². The van der Waals surface area contributed by atoms with E-state index in [-0.39, 0.29) is 23.9 Å². The molecule has 1 saturated heterocycles. The number of hydrogen-bond donors (Lipinski definition) is 0. The zero-order valence-corrected chi connectivity index (χ0v) is 16.6. The monoisotopic (exact) mass is 405 g/mol. The Balaban J connectivity index is 0.00000280. The van der Waals surface area contributed by atoms with Gasteiger partial charge in [-0.15, -0.1) is 12.4 Å². The van der Waals surface area contributed by atoms with Gasteiger partial charge in [0.2, 0.25) is 0 Å². The molecular weight excluding hydrogens is 382 g/mol. The van der Waals surface area contributed by atoms with Gasteiger partial charge in [-0.2, -0.15) is 0 Å². The summed E-state index contributed by atoms with van der Waals surface area (Å²) in [6, 6.07) is 14.0. The van der Waals surface area contributed by atoms with Crippen LogP contribution >= 0.6 is 12.4 Å². The van der Waals surface area contributed by atoms with Gasteiger partial charge in [0, 0.05) is 56.0 Å². The molecule has 0 unspecified atom stereocenters. The number of hydrogen-bond acceptors (Lipinski definition) is 6. The fraction of sp³-hybridized carbons (Fsp3) is 0.350. The second kappa shape index (κ2) is 10.2. The molecule has 2 aromatic rings. The van der Waals surface area contributed by atoms with E-state index < -0.39 is 4.92 Å². The van der Waals surface area contributed by atoms with E-state index >= 15 is 0 Å². The summed E-state index contributed by atoms with van der Waals surface area (Å²) in [7, 11) is 1.57. The lowest BCUT2D eigenvalue weighted by Gasteiger charge is -2.34. The van der Waals surface area contributed by atoms with Crippen molar-refractivity contribution < 1.29 is 14.5 Å². The van der Waals surface area contributed by atoms with Crippen molar-refractivity contribution >= 4 is 23.9 Å². The summed E-state index contributed by atoms with van der Waals surface area (Å²) < 4.78 is 5.34. The number of non-ortho nitro benzene ring substituents is 1. The third-order valence-electron chi connectivity index (χ3n) is 4.80. The minimum atomic E-state index is -0.393. The first kappa shape index (κ1) is 21.8. The number of nitrogens with zero attached hydrogens (tertiary/aromatic N) is 3. The Bertz CT molecular complexity index is 808. The third-order valence-corrected chi connectivity index (χ3v) is 4.80. The van der Waals surface area contributed by atoms with Gasteiger partial charge in [-0.05, 0) is 6.07 Å². The van der Waals surface area contributed by atoms with E-state index in [1.54, 1.807) is 19.2 Å². The first-order chi connectivity index (χ1) is 13.1. The summed E-state index contributed by atoms with van der Waals surface area (Å²) >= 11 is 0. The van der Waals surface area contributed by atoms with E-state index in [0.29, 0.717) is 18.8 Å². The van der Waals surface area contributed by atoms with Gasteiger partial charge in [-0.25, -0.2) is 0 Å². The fourth-order valence-corrected chi connectivity index (χ4v) is 3.27. The fourth-order valence-electron chi connectivity index (χ4n) is 3.27. The zero-order chi connectivity index (χ0) is 19.2. The number of ketones is 1. The molecule has 8 heteroatoms. The number of halogens is 1. The first-order valence-corrected chi connectivity index (χ1v) is 8.91. The Morgan fingerprint density at radius 2 is 1.71 bits per heavy atom. The van der Waals surface area contributed by atoms with Crippen molar-refractivity contribution in [2.24, 2.45) is 0 Å². The molecule has 0 bridgehead atoms. The Kier molecular flexibility index (Phi) is 7.92. The van der Waals surface area contributed by atoms with Gasteiger partial charge in [0.1, 0.15) is 5.75 Å². The summed E-state index contributed by atoms with van der Waals surface area (Å²) in [6.07, 6.45) is 0.